The first kappa shape index (κ1) is 11.5. The molecule has 0 saturated heterocycles. The molecule has 0 saturated carbocycles. The maximum absolute atomic E-state index is 10.6. The van der Waals surface area contributed by atoms with Crippen molar-refractivity contribution in [2.75, 3.05) is 0 Å². The molecule has 3 nitrogen and oxygen atoms in total. The Balaban J connectivity index is 2.22. The van der Waals surface area contributed by atoms with Crippen molar-refractivity contribution in [3.05, 3.63) is 51.6 Å². The molecule has 2 aliphatic rings. The summed E-state index contributed by atoms with van der Waals surface area (Å²) in [6.45, 7) is 0. The number of fused-ring (bicyclic) bond motifs is 3. The Morgan fingerprint density at radius 3 is 2.94 bits per heavy atom. The van der Waals surface area contributed by atoms with Crippen LogP contribution in [-0.2, 0) is 12.0 Å². The Morgan fingerprint density at radius 2 is 2.22 bits per heavy atom. The predicted molar refractivity (Wildman–Crippen MR) is 67.8 cm³/mol. The zero-order chi connectivity index (χ0) is 12.9. The minimum atomic E-state index is -1.41. The van der Waals surface area contributed by atoms with Gasteiger partial charge in [0.1, 0.15) is 11.7 Å². The number of benzene rings is 1. The fourth-order valence-corrected chi connectivity index (χ4v) is 2.89. The van der Waals surface area contributed by atoms with E-state index in [-0.39, 0.29) is 6.42 Å². The zero-order valence-electron chi connectivity index (χ0n) is 9.39. The molecule has 0 aromatic heterocycles. The molecule has 0 heterocycles. The summed E-state index contributed by atoms with van der Waals surface area (Å²) in [6.07, 6.45) is 4.28. The van der Waals surface area contributed by atoms with Gasteiger partial charge in [0.2, 0.25) is 0 Å². The molecule has 0 radical (unpaired) electrons. The number of nitriles is 1. The number of hydrogen-bond donors (Lipinski definition) is 2. The lowest BCUT2D eigenvalue weighted by Gasteiger charge is -2.26. The van der Waals surface area contributed by atoms with Crippen molar-refractivity contribution in [2.24, 2.45) is 0 Å². The SMILES string of the molecule is N#CCc1cc(Cl)c2c(c1)[C@]1(O)C(=C2)C=C[C@@H]1O. The molecule has 0 amide bonds. The Bertz CT molecular complexity index is 642. The van der Waals surface area contributed by atoms with Gasteiger partial charge in [-0.1, -0.05) is 29.8 Å². The van der Waals surface area contributed by atoms with E-state index in [1.165, 1.54) is 0 Å². The van der Waals surface area contributed by atoms with E-state index in [4.69, 9.17) is 16.9 Å². The van der Waals surface area contributed by atoms with Gasteiger partial charge in [-0.15, -0.1) is 0 Å². The second-order valence-electron chi connectivity index (χ2n) is 4.54. The van der Waals surface area contributed by atoms with Crippen LogP contribution in [0.25, 0.3) is 6.08 Å². The Morgan fingerprint density at radius 1 is 1.44 bits per heavy atom. The Hall–Kier alpha value is -1.60. The van der Waals surface area contributed by atoms with Crippen LogP contribution in [0, 0.1) is 11.3 Å². The van der Waals surface area contributed by atoms with Gasteiger partial charge >= 0.3 is 0 Å². The summed E-state index contributed by atoms with van der Waals surface area (Å²) in [5.74, 6) is 0. The zero-order valence-corrected chi connectivity index (χ0v) is 10.1. The lowest BCUT2D eigenvalue weighted by Crippen LogP contribution is -2.34. The van der Waals surface area contributed by atoms with E-state index in [9.17, 15) is 10.2 Å². The van der Waals surface area contributed by atoms with Crippen LogP contribution < -0.4 is 0 Å². The minimum absolute atomic E-state index is 0.224. The van der Waals surface area contributed by atoms with Crippen LogP contribution in [0.5, 0.6) is 0 Å². The van der Waals surface area contributed by atoms with Crippen molar-refractivity contribution in [3.63, 3.8) is 0 Å². The highest BCUT2D eigenvalue weighted by Crippen LogP contribution is 2.48. The average Bonchev–Trinajstić information content (AvgIpc) is 2.76. The van der Waals surface area contributed by atoms with Crippen LogP contribution >= 0.6 is 11.6 Å². The number of rotatable bonds is 1. The van der Waals surface area contributed by atoms with Gasteiger partial charge in [-0.05, 0) is 28.8 Å². The second-order valence-corrected chi connectivity index (χ2v) is 4.95. The largest absolute Gasteiger partial charge is 0.385 e. The first-order valence-electron chi connectivity index (χ1n) is 5.58. The van der Waals surface area contributed by atoms with Gasteiger partial charge in [0.05, 0.1) is 12.5 Å². The maximum atomic E-state index is 10.6. The molecule has 0 unspecified atom stereocenters. The second kappa shape index (κ2) is 3.69. The van der Waals surface area contributed by atoms with Gasteiger partial charge < -0.3 is 10.2 Å². The van der Waals surface area contributed by atoms with Gasteiger partial charge in [-0.3, -0.25) is 0 Å². The van der Waals surface area contributed by atoms with Gasteiger partial charge in [0, 0.05) is 10.6 Å². The van der Waals surface area contributed by atoms with E-state index in [0.29, 0.717) is 16.2 Å². The molecule has 2 aliphatic carbocycles. The average molecular weight is 260 g/mol. The lowest BCUT2D eigenvalue weighted by molar-refractivity contribution is -0.0150. The van der Waals surface area contributed by atoms with E-state index < -0.39 is 11.7 Å². The number of nitrogens with zero attached hydrogens (tertiary/aromatic N) is 1. The summed E-state index contributed by atoms with van der Waals surface area (Å²) < 4.78 is 0. The number of aliphatic hydroxyl groups is 2. The van der Waals surface area contributed by atoms with Gasteiger partial charge in [-0.25, -0.2) is 0 Å². The highest BCUT2D eigenvalue weighted by Gasteiger charge is 2.47. The molecule has 18 heavy (non-hydrogen) atoms. The summed E-state index contributed by atoms with van der Waals surface area (Å²) in [5, 5.41) is 29.8. The normalized spacial score (nSPS) is 27.7. The third-order valence-corrected chi connectivity index (χ3v) is 3.82. The Kier molecular flexibility index (Phi) is 2.36. The van der Waals surface area contributed by atoms with Crippen LogP contribution in [0.1, 0.15) is 16.7 Å². The van der Waals surface area contributed by atoms with Crippen molar-refractivity contribution in [1.82, 2.24) is 0 Å². The monoisotopic (exact) mass is 259 g/mol. The third kappa shape index (κ3) is 1.31. The van der Waals surface area contributed by atoms with Gasteiger partial charge in [-0.2, -0.15) is 5.26 Å². The Labute approximate surface area is 109 Å². The summed E-state index contributed by atoms with van der Waals surface area (Å²) in [5.41, 5.74) is 1.26. The van der Waals surface area contributed by atoms with Crippen molar-refractivity contribution in [1.29, 1.82) is 5.26 Å². The van der Waals surface area contributed by atoms with Crippen molar-refractivity contribution in [2.45, 2.75) is 18.1 Å². The standard InChI is InChI=1S/C14H10ClNO2/c15-12-6-8(3-4-16)5-11-10(12)7-9-1-2-13(17)14(9,11)18/h1-2,5-7,13,17-18H,3H2/t13-,14+/m0/s1. The van der Waals surface area contributed by atoms with Crippen LogP contribution in [0.15, 0.2) is 29.9 Å². The molecule has 1 aromatic rings. The van der Waals surface area contributed by atoms with Crippen molar-refractivity contribution < 1.29 is 10.2 Å². The van der Waals surface area contributed by atoms with E-state index >= 15 is 0 Å². The fourth-order valence-electron chi connectivity index (χ4n) is 2.59. The highest BCUT2D eigenvalue weighted by atomic mass is 35.5. The smallest absolute Gasteiger partial charge is 0.145 e. The first-order valence-corrected chi connectivity index (χ1v) is 5.96. The molecule has 0 spiro atoms. The van der Waals surface area contributed by atoms with Crippen LogP contribution in [-0.4, -0.2) is 16.3 Å². The molecule has 0 aliphatic heterocycles. The summed E-state index contributed by atoms with van der Waals surface area (Å²) in [6, 6.07) is 5.51. The lowest BCUT2D eigenvalue weighted by atomic mass is 9.88. The van der Waals surface area contributed by atoms with Gasteiger partial charge in [0.25, 0.3) is 0 Å². The molecule has 4 heteroatoms. The minimum Gasteiger partial charge on any atom is -0.385 e. The molecule has 2 N–H and O–H groups in total. The predicted octanol–water partition coefficient (Wildman–Crippen LogP) is 1.92. The highest BCUT2D eigenvalue weighted by molar-refractivity contribution is 6.32. The molecule has 1 aromatic carbocycles. The van der Waals surface area contributed by atoms with E-state index in [1.807, 2.05) is 0 Å². The topological polar surface area (TPSA) is 64.2 Å². The van der Waals surface area contributed by atoms with Crippen molar-refractivity contribution >= 4 is 17.7 Å². The van der Waals surface area contributed by atoms with E-state index in [0.717, 1.165) is 11.1 Å². The van der Waals surface area contributed by atoms with E-state index in [2.05, 4.69) is 6.07 Å². The quantitative estimate of drug-likeness (QED) is 0.810. The van der Waals surface area contributed by atoms with Crippen LogP contribution in [0.3, 0.4) is 0 Å². The maximum Gasteiger partial charge on any atom is 0.145 e. The fraction of sp³-hybridized carbons (Fsp3) is 0.214. The number of hydrogen-bond acceptors (Lipinski definition) is 3. The summed E-state index contributed by atoms with van der Waals surface area (Å²) in [4.78, 5) is 0. The van der Waals surface area contributed by atoms with Crippen LogP contribution in [0.2, 0.25) is 5.02 Å². The molecule has 0 bridgehead atoms. The molecule has 90 valence electrons. The summed E-state index contributed by atoms with van der Waals surface area (Å²) in [7, 11) is 0. The molecular weight excluding hydrogens is 250 g/mol. The molecule has 2 atom stereocenters. The third-order valence-electron chi connectivity index (χ3n) is 3.51. The number of halogens is 1. The molecular formula is C14H10ClNO2. The molecule has 3 rings (SSSR count). The van der Waals surface area contributed by atoms with Crippen molar-refractivity contribution in [3.8, 4) is 6.07 Å². The summed E-state index contributed by atoms with van der Waals surface area (Å²) >= 11 is 6.16. The van der Waals surface area contributed by atoms with Crippen LogP contribution in [0.4, 0.5) is 0 Å². The molecule has 0 fully saturated rings. The first-order chi connectivity index (χ1) is 8.57. The van der Waals surface area contributed by atoms with E-state index in [1.54, 1.807) is 30.4 Å². The number of aliphatic hydroxyl groups excluding tert-OH is 1. The van der Waals surface area contributed by atoms with Gasteiger partial charge in [0.15, 0.2) is 0 Å².